The van der Waals surface area contributed by atoms with Crippen LogP contribution in [0.5, 0.6) is 0 Å². The Morgan fingerprint density at radius 1 is 1.38 bits per heavy atom. The summed E-state index contributed by atoms with van der Waals surface area (Å²) in [6.07, 6.45) is 2.34. The smallest absolute Gasteiger partial charge is 0.224 e. The molecule has 0 spiro atoms. The van der Waals surface area contributed by atoms with Gasteiger partial charge >= 0.3 is 0 Å². The second kappa shape index (κ2) is 7.01. The Hall–Kier alpha value is -1.35. The summed E-state index contributed by atoms with van der Waals surface area (Å²) in [5.74, 6) is 0.0794. The van der Waals surface area contributed by atoms with Gasteiger partial charge in [0.1, 0.15) is 0 Å². The standard InChI is InChI=1S/C13H20N2O/c1-11(6-5-9-14)15-13(16)10-12-7-3-2-4-8-12/h2-4,7-8,11H,5-6,9-10,14H2,1H3,(H,15,16). The first-order valence-electron chi connectivity index (χ1n) is 5.75. The van der Waals surface area contributed by atoms with Crippen LogP contribution in [-0.2, 0) is 11.2 Å². The lowest BCUT2D eigenvalue weighted by Gasteiger charge is -2.13. The van der Waals surface area contributed by atoms with Gasteiger partial charge in [0.2, 0.25) is 5.91 Å². The molecular formula is C13H20N2O. The average Bonchev–Trinajstić information content (AvgIpc) is 2.27. The SMILES string of the molecule is CC(CCCN)NC(=O)Cc1ccccc1. The van der Waals surface area contributed by atoms with E-state index in [9.17, 15) is 4.79 Å². The first-order valence-corrected chi connectivity index (χ1v) is 5.75. The number of nitrogens with one attached hydrogen (secondary N) is 1. The Bertz CT molecular complexity index is 311. The molecule has 0 fully saturated rings. The minimum atomic E-state index is 0.0794. The molecule has 1 atom stereocenters. The molecule has 1 aromatic carbocycles. The van der Waals surface area contributed by atoms with E-state index in [0.717, 1.165) is 18.4 Å². The molecule has 1 aromatic rings. The Kier molecular flexibility index (Phi) is 5.57. The predicted molar refractivity (Wildman–Crippen MR) is 66.0 cm³/mol. The Morgan fingerprint density at radius 2 is 2.06 bits per heavy atom. The third-order valence-electron chi connectivity index (χ3n) is 2.46. The Balaban J connectivity index is 2.31. The van der Waals surface area contributed by atoms with Crippen molar-refractivity contribution in [2.75, 3.05) is 6.54 Å². The molecule has 3 N–H and O–H groups in total. The van der Waals surface area contributed by atoms with Crippen LogP contribution in [0.3, 0.4) is 0 Å². The summed E-state index contributed by atoms with van der Waals surface area (Å²) in [5, 5.41) is 2.97. The van der Waals surface area contributed by atoms with Crippen molar-refractivity contribution in [3.63, 3.8) is 0 Å². The van der Waals surface area contributed by atoms with Crippen molar-refractivity contribution >= 4 is 5.91 Å². The van der Waals surface area contributed by atoms with E-state index in [0.29, 0.717) is 13.0 Å². The molecule has 16 heavy (non-hydrogen) atoms. The summed E-state index contributed by atoms with van der Waals surface area (Å²) in [5.41, 5.74) is 6.47. The van der Waals surface area contributed by atoms with Gasteiger partial charge in [-0.15, -0.1) is 0 Å². The molecule has 0 saturated heterocycles. The molecule has 0 aliphatic heterocycles. The lowest BCUT2D eigenvalue weighted by Crippen LogP contribution is -2.34. The normalized spacial score (nSPS) is 12.1. The van der Waals surface area contributed by atoms with E-state index in [4.69, 9.17) is 5.73 Å². The maximum atomic E-state index is 11.6. The monoisotopic (exact) mass is 220 g/mol. The predicted octanol–water partition coefficient (Wildman–Crippen LogP) is 1.47. The number of benzene rings is 1. The second-order valence-electron chi connectivity index (χ2n) is 4.06. The fourth-order valence-corrected chi connectivity index (χ4v) is 1.60. The lowest BCUT2D eigenvalue weighted by atomic mass is 10.1. The van der Waals surface area contributed by atoms with Crippen LogP contribution < -0.4 is 11.1 Å². The Labute approximate surface area is 97.0 Å². The highest BCUT2D eigenvalue weighted by Gasteiger charge is 2.07. The fourth-order valence-electron chi connectivity index (χ4n) is 1.60. The van der Waals surface area contributed by atoms with Gasteiger partial charge < -0.3 is 11.1 Å². The number of hydrogen-bond acceptors (Lipinski definition) is 2. The van der Waals surface area contributed by atoms with E-state index in [1.807, 2.05) is 37.3 Å². The van der Waals surface area contributed by atoms with E-state index in [1.54, 1.807) is 0 Å². The van der Waals surface area contributed by atoms with Crippen molar-refractivity contribution in [1.82, 2.24) is 5.32 Å². The van der Waals surface area contributed by atoms with Gasteiger partial charge in [-0.3, -0.25) is 4.79 Å². The summed E-state index contributed by atoms with van der Waals surface area (Å²) in [6, 6.07) is 9.97. The first kappa shape index (κ1) is 12.7. The van der Waals surface area contributed by atoms with E-state index >= 15 is 0 Å². The molecule has 0 aliphatic rings. The second-order valence-corrected chi connectivity index (χ2v) is 4.06. The molecular weight excluding hydrogens is 200 g/mol. The molecule has 0 radical (unpaired) electrons. The highest BCUT2D eigenvalue weighted by Crippen LogP contribution is 2.01. The van der Waals surface area contributed by atoms with Crippen LogP contribution in [0.15, 0.2) is 30.3 Å². The lowest BCUT2D eigenvalue weighted by molar-refractivity contribution is -0.121. The largest absolute Gasteiger partial charge is 0.353 e. The van der Waals surface area contributed by atoms with Gasteiger partial charge in [0.15, 0.2) is 0 Å². The van der Waals surface area contributed by atoms with Crippen LogP contribution in [0.1, 0.15) is 25.3 Å². The number of carbonyl (C=O) groups is 1. The van der Waals surface area contributed by atoms with Gasteiger partial charge in [0.05, 0.1) is 6.42 Å². The molecule has 0 saturated carbocycles. The quantitative estimate of drug-likeness (QED) is 0.763. The highest BCUT2D eigenvalue weighted by molar-refractivity contribution is 5.78. The summed E-state index contributed by atoms with van der Waals surface area (Å²) in [4.78, 5) is 11.6. The van der Waals surface area contributed by atoms with E-state index in [2.05, 4.69) is 5.32 Å². The molecule has 0 aromatic heterocycles. The number of carbonyl (C=O) groups excluding carboxylic acids is 1. The van der Waals surface area contributed by atoms with Crippen molar-refractivity contribution in [3.05, 3.63) is 35.9 Å². The Morgan fingerprint density at radius 3 is 2.69 bits per heavy atom. The molecule has 88 valence electrons. The molecule has 3 heteroatoms. The van der Waals surface area contributed by atoms with E-state index in [-0.39, 0.29) is 11.9 Å². The van der Waals surface area contributed by atoms with Crippen LogP contribution in [-0.4, -0.2) is 18.5 Å². The van der Waals surface area contributed by atoms with Gasteiger partial charge in [-0.25, -0.2) is 0 Å². The number of hydrogen-bond donors (Lipinski definition) is 2. The molecule has 1 unspecified atom stereocenters. The van der Waals surface area contributed by atoms with E-state index in [1.165, 1.54) is 0 Å². The summed E-state index contributed by atoms with van der Waals surface area (Å²) >= 11 is 0. The van der Waals surface area contributed by atoms with Gasteiger partial charge in [0.25, 0.3) is 0 Å². The van der Waals surface area contributed by atoms with Crippen LogP contribution in [0.2, 0.25) is 0 Å². The van der Waals surface area contributed by atoms with Crippen molar-refractivity contribution in [3.8, 4) is 0 Å². The van der Waals surface area contributed by atoms with Crippen LogP contribution in [0.4, 0.5) is 0 Å². The van der Waals surface area contributed by atoms with Gasteiger partial charge in [-0.1, -0.05) is 30.3 Å². The molecule has 0 bridgehead atoms. The zero-order valence-electron chi connectivity index (χ0n) is 9.78. The minimum Gasteiger partial charge on any atom is -0.353 e. The van der Waals surface area contributed by atoms with Crippen molar-refractivity contribution in [1.29, 1.82) is 0 Å². The molecule has 0 aliphatic carbocycles. The molecule has 1 amide bonds. The first-order chi connectivity index (χ1) is 7.72. The maximum absolute atomic E-state index is 11.6. The molecule has 1 rings (SSSR count). The zero-order chi connectivity index (χ0) is 11.8. The fraction of sp³-hybridized carbons (Fsp3) is 0.462. The third-order valence-corrected chi connectivity index (χ3v) is 2.46. The van der Waals surface area contributed by atoms with Crippen LogP contribution in [0, 0.1) is 0 Å². The van der Waals surface area contributed by atoms with Gasteiger partial charge in [-0.05, 0) is 31.9 Å². The summed E-state index contributed by atoms with van der Waals surface area (Å²) in [6.45, 7) is 2.69. The zero-order valence-corrected chi connectivity index (χ0v) is 9.78. The minimum absolute atomic E-state index is 0.0794. The number of amides is 1. The number of nitrogens with two attached hydrogens (primary N) is 1. The molecule has 3 nitrogen and oxygen atoms in total. The number of rotatable bonds is 6. The van der Waals surface area contributed by atoms with Crippen molar-refractivity contribution in [2.45, 2.75) is 32.2 Å². The topological polar surface area (TPSA) is 55.1 Å². The van der Waals surface area contributed by atoms with Crippen LogP contribution >= 0.6 is 0 Å². The van der Waals surface area contributed by atoms with Crippen molar-refractivity contribution in [2.24, 2.45) is 5.73 Å². The highest BCUT2D eigenvalue weighted by atomic mass is 16.1. The summed E-state index contributed by atoms with van der Waals surface area (Å²) < 4.78 is 0. The van der Waals surface area contributed by atoms with Gasteiger partial charge in [-0.2, -0.15) is 0 Å². The van der Waals surface area contributed by atoms with Crippen molar-refractivity contribution < 1.29 is 4.79 Å². The van der Waals surface area contributed by atoms with E-state index < -0.39 is 0 Å². The summed E-state index contributed by atoms with van der Waals surface area (Å²) in [7, 11) is 0. The third kappa shape index (κ3) is 4.94. The van der Waals surface area contributed by atoms with Gasteiger partial charge in [0, 0.05) is 6.04 Å². The maximum Gasteiger partial charge on any atom is 0.224 e. The van der Waals surface area contributed by atoms with Crippen LogP contribution in [0.25, 0.3) is 0 Å². The molecule has 0 heterocycles. The average molecular weight is 220 g/mol.